The van der Waals surface area contributed by atoms with Gasteiger partial charge >= 0.3 is 0 Å². The van der Waals surface area contributed by atoms with E-state index in [1.54, 1.807) is 24.5 Å². The fraction of sp³-hybridized carbons (Fsp3) is 0.167. The highest BCUT2D eigenvalue weighted by Gasteiger charge is 2.09. The molecule has 128 valence electrons. The minimum atomic E-state index is -0.160. The van der Waals surface area contributed by atoms with Gasteiger partial charge < -0.3 is 15.7 Å². The number of rotatable bonds is 6. The van der Waals surface area contributed by atoms with E-state index in [0.29, 0.717) is 16.8 Å². The van der Waals surface area contributed by atoms with E-state index in [1.807, 2.05) is 37.3 Å². The zero-order chi connectivity index (χ0) is 17.6. The lowest BCUT2D eigenvalue weighted by Gasteiger charge is -2.14. The van der Waals surface area contributed by atoms with Gasteiger partial charge in [-0.1, -0.05) is 11.6 Å². The minimum absolute atomic E-state index is 0.0135. The van der Waals surface area contributed by atoms with Gasteiger partial charge in [0.15, 0.2) is 0 Å². The fourth-order valence-electron chi connectivity index (χ4n) is 2.19. The lowest BCUT2D eigenvalue weighted by Crippen LogP contribution is -2.21. The standard InChI is InChI=1S/C18H18ClN5O/c1-12(11-25)21-18-23-16(13-3-2-8-20-10-13)9-17(24-18)22-15-6-4-14(19)5-7-15/h2-10,12,25H,11H2,1H3,(H2,21,22,23,24)/t12-/m0/s1. The number of aliphatic hydroxyl groups is 1. The maximum atomic E-state index is 9.26. The summed E-state index contributed by atoms with van der Waals surface area (Å²) in [4.78, 5) is 13.1. The fourth-order valence-corrected chi connectivity index (χ4v) is 2.31. The first-order valence-electron chi connectivity index (χ1n) is 7.83. The van der Waals surface area contributed by atoms with Crippen LogP contribution in [0.4, 0.5) is 17.5 Å². The van der Waals surface area contributed by atoms with Crippen LogP contribution in [0.25, 0.3) is 11.3 Å². The van der Waals surface area contributed by atoms with Crippen LogP contribution in [-0.2, 0) is 0 Å². The number of halogens is 1. The Kier molecular flexibility index (Phi) is 5.42. The molecule has 0 saturated heterocycles. The van der Waals surface area contributed by atoms with E-state index in [-0.39, 0.29) is 12.6 Å². The third-order valence-electron chi connectivity index (χ3n) is 3.45. The Morgan fingerprint density at radius 1 is 1.16 bits per heavy atom. The summed E-state index contributed by atoms with van der Waals surface area (Å²) >= 11 is 5.92. The second-order valence-electron chi connectivity index (χ2n) is 5.56. The molecule has 7 heteroatoms. The number of benzene rings is 1. The summed E-state index contributed by atoms with van der Waals surface area (Å²) in [5.41, 5.74) is 2.47. The van der Waals surface area contributed by atoms with Crippen molar-refractivity contribution in [2.24, 2.45) is 0 Å². The molecule has 2 heterocycles. The molecule has 1 atom stereocenters. The molecule has 3 aromatic rings. The van der Waals surface area contributed by atoms with E-state index in [0.717, 1.165) is 16.9 Å². The summed E-state index contributed by atoms with van der Waals surface area (Å²) in [6.07, 6.45) is 3.46. The summed E-state index contributed by atoms with van der Waals surface area (Å²) in [6.45, 7) is 1.84. The van der Waals surface area contributed by atoms with Crippen molar-refractivity contribution in [2.75, 3.05) is 17.2 Å². The van der Waals surface area contributed by atoms with Gasteiger partial charge in [-0.2, -0.15) is 4.98 Å². The summed E-state index contributed by atoms with van der Waals surface area (Å²) in [7, 11) is 0. The minimum Gasteiger partial charge on any atom is -0.394 e. The molecule has 0 spiro atoms. The third-order valence-corrected chi connectivity index (χ3v) is 3.70. The Bertz CT molecular complexity index is 827. The Labute approximate surface area is 150 Å². The molecule has 3 N–H and O–H groups in total. The van der Waals surface area contributed by atoms with Gasteiger partial charge in [0.2, 0.25) is 5.95 Å². The quantitative estimate of drug-likeness (QED) is 0.625. The largest absolute Gasteiger partial charge is 0.394 e. The molecule has 2 aromatic heterocycles. The second-order valence-corrected chi connectivity index (χ2v) is 6.00. The van der Waals surface area contributed by atoms with E-state index in [2.05, 4.69) is 25.6 Å². The van der Waals surface area contributed by atoms with E-state index in [9.17, 15) is 5.11 Å². The molecule has 3 rings (SSSR count). The number of aliphatic hydroxyl groups excluding tert-OH is 1. The average Bonchev–Trinajstić information content (AvgIpc) is 2.64. The Morgan fingerprint density at radius 2 is 1.96 bits per heavy atom. The topological polar surface area (TPSA) is 83.0 Å². The predicted octanol–water partition coefficient (Wildman–Crippen LogP) is 3.73. The highest BCUT2D eigenvalue weighted by molar-refractivity contribution is 6.30. The van der Waals surface area contributed by atoms with Crippen molar-refractivity contribution in [2.45, 2.75) is 13.0 Å². The van der Waals surface area contributed by atoms with E-state index in [1.165, 1.54) is 0 Å². The Hall–Kier alpha value is -2.70. The van der Waals surface area contributed by atoms with Crippen molar-refractivity contribution in [1.29, 1.82) is 0 Å². The van der Waals surface area contributed by atoms with Crippen LogP contribution in [0.5, 0.6) is 0 Å². The average molecular weight is 356 g/mol. The molecule has 0 aliphatic rings. The molecule has 0 radical (unpaired) electrons. The molecular weight excluding hydrogens is 338 g/mol. The number of pyridine rings is 1. The molecule has 25 heavy (non-hydrogen) atoms. The SMILES string of the molecule is C[C@@H](CO)Nc1nc(Nc2ccc(Cl)cc2)cc(-c2cccnc2)n1. The predicted molar refractivity (Wildman–Crippen MR) is 100 cm³/mol. The molecule has 0 aliphatic heterocycles. The Morgan fingerprint density at radius 3 is 2.64 bits per heavy atom. The van der Waals surface area contributed by atoms with Crippen molar-refractivity contribution in [1.82, 2.24) is 15.0 Å². The Balaban J connectivity index is 1.95. The van der Waals surface area contributed by atoms with Crippen molar-refractivity contribution in [3.05, 3.63) is 59.9 Å². The zero-order valence-corrected chi connectivity index (χ0v) is 14.4. The van der Waals surface area contributed by atoms with Crippen LogP contribution in [0, 0.1) is 0 Å². The maximum Gasteiger partial charge on any atom is 0.225 e. The molecule has 0 saturated carbocycles. The van der Waals surface area contributed by atoms with E-state index < -0.39 is 0 Å². The number of aromatic nitrogens is 3. The van der Waals surface area contributed by atoms with Gasteiger partial charge in [-0.3, -0.25) is 4.98 Å². The van der Waals surface area contributed by atoms with Crippen molar-refractivity contribution >= 4 is 29.1 Å². The van der Waals surface area contributed by atoms with Crippen LogP contribution in [0.1, 0.15) is 6.92 Å². The summed E-state index contributed by atoms with van der Waals surface area (Å²) in [6, 6.07) is 12.8. The molecule has 0 aliphatic carbocycles. The first-order valence-corrected chi connectivity index (χ1v) is 8.21. The number of nitrogens with zero attached hydrogens (tertiary/aromatic N) is 3. The van der Waals surface area contributed by atoms with Crippen LogP contribution in [0.2, 0.25) is 5.02 Å². The number of hydrogen-bond acceptors (Lipinski definition) is 6. The second kappa shape index (κ2) is 7.92. The van der Waals surface area contributed by atoms with Crippen LogP contribution >= 0.6 is 11.6 Å². The lowest BCUT2D eigenvalue weighted by atomic mass is 10.2. The molecule has 6 nitrogen and oxygen atoms in total. The van der Waals surface area contributed by atoms with Gasteiger partial charge in [-0.15, -0.1) is 0 Å². The van der Waals surface area contributed by atoms with Crippen molar-refractivity contribution in [3.63, 3.8) is 0 Å². The molecule has 0 amide bonds. The van der Waals surface area contributed by atoms with Crippen LogP contribution < -0.4 is 10.6 Å². The van der Waals surface area contributed by atoms with Crippen LogP contribution in [0.3, 0.4) is 0 Å². The zero-order valence-electron chi connectivity index (χ0n) is 13.6. The highest BCUT2D eigenvalue weighted by atomic mass is 35.5. The number of nitrogens with one attached hydrogen (secondary N) is 2. The van der Waals surface area contributed by atoms with E-state index >= 15 is 0 Å². The van der Waals surface area contributed by atoms with Gasteiger partial charge in [0.05, 0.1) is 12.3 Å². The highest BCUT2D eigenvalue weighted by Crippen LogP contribution is 2.24. The van der Waals surface area contributed by atoms with Crippen molar-refractivity contribution < 1.29 is 5.11 Å². The monoisotopic (exact) mass is 355 g/mol. The molecule has 0 bridgehead atoms. The molecule has 0 unspecified atom stereocenters. The molecule has 0 fully saturated rings. The number of anilines is 3. The normalized spacial score (nSPS) is 11.8. The summed E-state index contributed by atoms with van der Waals surface area (Å²) in [5, 5.41) is 16.3. The van der Waals surface area contributed by atoms with Crippen LogP contribution in [-0.4, -0.2) is 32.7 Å². The maximum absolute atomic E-state index is 9.26. The van der Waals surface area contributed by atoms with Gasteiger partial charge in [0, 0.05) is 40.8 Å². The smallest absolute Gasteiger partial charge is 0.225 e. The van der Waals surface area contributed by atoms with Gasteiger partial charge in [0.1, 0.15) is 5.82 Å². The third kappa shape index (κ3) is 4.65. The van der Waals surface area contributed by atoms with E-state index in [4.69, 9.17) is 11.6 Å². The summed E-state index contributed by atoms with van der Waals surface area (Å²) in [5.74, 6) is 1.06. The number of hydrogen-bond donors (Lipinski definition) is 3. The first kappa shape index (κ1) is 17.1. The van der Waals surface area contributed by atoms with Gasteiger partial charge in [-0.25, -0.2) is 4.98 Å². The summed E-state index contributed by atoms with van der Waals surface area (Å²) < 4.78 is 0. The molecular formula is C18H18ClN5O. The van der Waals surface area contributed by atoms with Crippen LogP contribution in [0.15, 0.2) is 54.9 Å². The van der Waals surface area contributed by atoms with Crippen molar-refractivity contribution in [3.8, 4) is 11.3 Å². The lowest BCUT2D eigenvalue weighted by molar-refractivity contribution is 0.281. The molecule has 1 aromatic carbocycles. The van der Waals surface area contributed by atoms with Gasteiger partial charge in [-0.05, 0) is 43.3 Å². The van der Waals surface area contributed by atoms with Gasteiger partial charge in [0.25, 0.3) is 0 Å². The first-order chi connectivity index (χ1) is 12.1.